The lowest BCUT2D eigenvalue weighted by atomic mass is 9.86. The predicted octanol–water partition coefficient (Wildman–Crippen LogP) is 3.11. The van der Waals surface area contributed by atoms with Crippen LogP contribution in [0.15, 0.2) is 12.1 Å². The Bertz CT molecular complexity index is 916. The first kappa shape index (κ1) is 18.9. The molecule has 0 spiro atoms. The molecule has 1 fully saturated rings. The quantitative estimate of drug-likeness (QED) is 0.636. The van der Waals surface area contributed by atoms with Gasteiger partial charge in [0.05, 0.1) is 11.3 Å². The van der Waals surface area contributed by atoms with Gasteiger partial charge in [0, 0.05) is 31.7 Å². The van der Waals surface area contributed by atoms with E-state index in [0.29, 0.717) is 51.0 Å². The maximum Gasteiger partial charge on any atom is 0.419 e. The maximum atomic E-state index is 13.9. The van der Waals surface area contributed by atoms with Gasteiger partial charge < -0.3 is 5.32 Å². The highest BCUT2D eigenvalue weighted by Gasteiger charge is 2.40. The molecule has 150 valence electrons. The average molecular weight is 400 g/mol. The van der Waals surface area contributed by atoms with E-state index in [1.807, 2.05) is 5.01 Å². The van der Waals surface area contributed by atoms with Gasteiger partial charge in [-0.05, 0) is 30.4 Å². The number of fused-ring (bicyclic) bond motifs is 1. The fourth-order valence-corrected chi connectivity index (χ4v) is 4.06. The Labute approximate surface area is 157 Å². The Kier molecular flexibility index (Phi) is 4.60. The summed E-state index contributed by atoms with van der Waals surface area (Å²) >= 11 is 0. The number of piperidine rings is 1. The molecule has 0 atom stereocenters. The van der Waals surface area contributed by atoms with E-state index in [1.165, 1.54) is 0 Å². The van der Waals surface area contributed by atoms with Gasteiger partial charge in [0.2, 0.25) is 0 Å². The molecule has 2 aliphatic heterocycles. The maximum absolute atomic E-state index is 13.9. The number of hydrogen-bond donors (Lipinski definition) is 1. The third kappa shape index (κ3) is 3.05. The molecule has 0 unspecified atom stereocenters. The Morgan fingerprint density at radius 3 is 2.50 bits per heavy atom. The van der Waals surface area contributed by atoms with Crippen LogP contribution in [0, 0.1) is 11.6 Å². The summed E-state index contributed by atoms with van der Waals surface area (Å²) in [5.74, 6) is -3.90. The van der Waals surface area contributed by atoms with E-state index in [1.54, 1.807) is 4.79 Å². The predicted molar refractivity (Wildman–Crippen MR) is 89.4 cm³/mol. The van der Waals surface area contributed by atoms with Gasteiger partial charge in [-0.3, -0.25) is 9.80 Å². The smallest absolute Gasteiger partial charge is 0.307 e. The van der Waals surface area contributed by atoms with Crippen LogP contribution in [0.5, 0.6) is 0 Å². The fourth-order valence-electron chi connectivity index (χ4n) is 4.06. The average Bonchev–Trinajstić information content (AvgIpc) is 3.25. The van der Waals surface area contributed by atoms with Crippen LogP contribution in [0.2, 0.25) is 0 Å². The van der Waals surface area contributed by atoms with Gasteiger partial charge in [0.1, 0.15) is 5.69 Å². The van der Waals surface area contributed by atoms with Crippen LogP contribution >= 0.6 is 0 Å². The first-order valence-corrected chi connectivity index (χ1v) is 8.88. The number of nitrogens with zero attached hydrogens (tertiary/aromatic N) is 3. The van der Waals surface area contributed by atoms with Crippen molar-refractivity contribution in [3.8, 4) is 0 Å². The van der Waals surface area contributed by atoms with Crippen LogP contribution in [0.4, 0.5) is 22.0 Å². The van der Waals surface area contributed by atoms with Crippen LogP contribution in [-0.4, -0.2) is 29.3 Å². The Hall–Kier alpha value is -2.49. The molecule has 2 aliphatic rings. The lowest BCUT2D eigenvalue weighted by Crippen LogP contribution is -2.43. The summed E-state index contributed by atoms with van der Waals surface area (Å²) in [5, 5.41) is 9.31. The number of rotatable bonds is 3. The zero-order chi connectivity index (χ0) is 20.1. The molecule has 0 bridgehead atoms. The summed E-state index contributed by atoms with van der Waals surface area (Å²) < 4.78 is 67.2. The molecule has 10 heteroatoms. The molecule has 1 aromatic heterocycles. The third-order valence-corrected chi connectivity index (χ3v) is 5.40. The zero-order valence-corrected chi connectivity index (χ0v) is 14.7. The van der Waals surface area contributed by atoms with Crippen molar-refractivity contribution in [1.82, 2.24) is 15.2 Å². The van der Waals surface area contributed by atoms with Crippen molar-refractivity contribution < 1.29 is 26.7 Å². The molecule has 1 N–H and O–H groups in total. The minimum atomic E-state index is -4.97. The van der Waals surface area contributed by atoms with Crippen LogP contribution in [0.25, 0.3) is 0 Å². The number of benzene rings is 1. The normalized spacial score (nSPS) is 17.8. The SMILES string of the molecule is O=Cc1nn(N2CCC(c3ccc(F)c(F)c3C(F)(F)F)CC2)c2c1CNC2. The molecule has 0 saturated carbocycles. The van der Waals surface area contributed by atoms with Crippen molar-refractivity contribution in [1.29, 1.82) is 0 Å². The van der Waals surface area contributed by atoms with E-state index in [0.717, 1.165) is 23.4 Å². The molecule has 0 amide bonds. The molecule has 2 aromatic rings. The summed E-state index contributed by atoms with van der Waals surface area (Å²) in [6, 6.07) is 1.77. The summed E-state index contributed by atoms with van der Waals surface area (Å²) in [4.78, 5) is 12.8. The number of alkyl halides is 3. The highest BCUT2D eigenvalue weighted by atomic mass is 19.4. The van der Waals surface area contributed by atoms with Gasteiger partial charge in [-0.2, -0.15) is 18.0 Å². The molecule has 5 nitrogen and oxygen atoms in total. The molecule has 3 heterocycles. The summed E-state index contributed by atoms with van der Waals surface area (Å²) in [6.07, 6.45) is -3.63. The van der Waals surface area contributed by atoms with Gasteiger partial charge in [-0.1, -0.05) is 6.07 Å². The topological polar surface area (TPSA) is 50.2 Å². The van der Waals surface area contributed by atoms with Gasteiger partial charge in [0.25, 0.3) is 0 Å². The number of aromatic nitrogens is 2. The molecule has 1 saturated heterocycles. The molecule has 0 aliphatic carbocycles. The van der Waals surface area contributed by atoms with Gasteiger partial charge >= 0.3 is 6.18 Å². The largest absolute Gasteiger partial charge is 0.419 e. The first-order valence-electron chi connectivity index (χ1n) is 8.88. The Morgan fingerprint density at radius 1 is 1.14 bits per heavy atom. The monoisotopic (exact) mass is 400 g/mol. The minimum Gasteiger partial charge on any atom is -0.307 e. The van der Waals surface area contributed by atoms with Crippen LogP contribution in [0.1, 0.15) is 51.6 Å². The second-order valence-corrected chi connectivity index (χ2v) is 6.97. The van der Waals surface area contributed by atoms with Crippen molar-refractivity contribution in [3.05, 3.63) is 51.8 Å². The first-order chi connectivity index (χ1) is 13.3. The van der Waals surface area contributed by atoms with Gasteiger partial charge in [-0.15, -0.1) is 5.10 Å². The Morgan fingerprint density at radius 2 is 1.86 bits per heavy atom. The second-order valence-electron chi connectivity index (χ2n) is 6.97. The van der Waals surface area contributed by atoms with Crippen molar-refractivity contribution in [3.63, 3.8) is 0 Å². The molecule has 1 aromatic carbocycles. The van der Waals surface area contributed by atoms with Crippen LogP contribution < -0.4 is 10.3 Å². The van der Waals surface area contributed by atoms with Crippen molar-refractivity contribution in [2.75, 3.05) is 18.1 Å². The minimum absolute atomic E-state index is 0.216. The van der Waals surface area contributed by atoms with E-state index < -0.39 is 29.3 Å². The van der Waals surface area contributed by atoms with E-state index >= 15 is 0 Å². The second kappa shape index (κ2) is 6.84. The third-order valence-electron chi connectivity index (χ3n) is 5.40. The summed E-state index contributed by atoms with van der Waals surface area (Å²) in [7, 11) is 0. The van der Waals surface area contributed by atoms with Crippen molar-refractivity contribution in [2.45, 2.75) is 38.0 Å². The summed E-state index contributed by atoms with van der Waals surface area (Å²) in [6.45, 7) is 1.86. The standard InChI is InChI=1S/C18H17F5N4O/c19-13-2-1-11(16(17(13)20)18(21,22)23)10-3-5-26(6-4-10)27-15-8-24-7-12(15)14(9-28)25-27/h1-2,9-10,24H,3-8H2. The molecular weight excluding hydrogens is 383 g/mol. The lowest BCUT2D eigenvalue weighted by Gasteiger charge is -2.35. The number of nitrogens with one attached hydrogen (secondary N) is 1. The number of carbonyl (C=O) groups is 1. The van der Waals surface area contributed by atoms with Gasteiger partial charge in [0.15, 0.2) is 17.9 Å². The fraction of sp³-hybridized carbons (Fsp3) is 0.444. The number of halogens is 5. The lowest BCUT2D eigenvalue weighted by molar-refractivity contribution is -0.141. The van der Waals surface area contributed by atoms with E-state index in [-0.39, 0.29) is 5.56 Å². The highest BCUT2D eigenvalue weighted by Crippen LogP contribution is 2.40. The molecule has 28 heavy (non-hydrogen) atoms. The van der Waals surface area contributed by atoms with E-state index in [4.69, 9.17) is 0 Å². The Balaban J connectivity index is 1.58. The molecule has 4 rings (SSSR count). The number of carbonyl (C=O) groups excluding carboxylic acids is 1. The van der Waals surface area contributed by atoms with Gasteiger partial charge in [-0.25, -0.2) is 8.78 Å². The van der Waals surface area contributed by atoms with E-state index in [9.17, 15) is 26.7 Å². The highest BCUT2D eigenvalue weighted by molar-refractivity contribution is 5.75. The van der Waals surface area contributed by atoms with E-state index in [2.05, 4.69) is 10.4 Å². The number of aldehydes is 1. The van der Waals surface area contributed by atoms with Crippen molar-refractivity contribution >= 4 is 6.29 Å². The summed E-state index contributed by atoms with van der Waals surface area (Å²) in [5.41, 5.74) is 0.314. The van der Waals surface area contributed by atoms with Crippen molar-refractivity contribution in [2.24, 2.45) is 0 Å². The zero-order valence-electron chi connectivity index (χ0n) is 14.7. The molecule has 0 radical (unpaired) electrons. The van der Waals surface area contributed by atoms with Crippen LogP contribution in [0.3, 0.4) is 0 Å². The number of hydrogen-bond acceptors (Lipinski definition) is 4. The molecular formula is C18H17F5N4O. The van der Waals surface area contributed by atoms with Crippen LogP contribution in [-0.2, 0) is 19.3 Å².